The first-order chi connectivity index (χ1) is 8.20. The molecule has 1 heterocycles. The van der Waals surface area contributed by atoms with Crippen molar-refractivity contribution in [2.45, 2.75) is 65.0 Å². The van der Waals surface area contributed by atoms with E-state index >= 15 is 0 Å². The second kappa shape index (κ2) is 5.67. The number of nitrogens with two attached hydrogens (primary N) is 1. The average molecular weight is 235 g/mol. The predicted molar refractivity (Wildman–Crippen MR) is 70.9 cm³/mol. The zero-order valence-electron chi connectivity index (χ0n) is 11.2. The molecule has 17 heavy (non-hydrogen) atoms. The molecule has 3 nitrogen and oxygen atoms in total. The SMILES string of the molecule is CCn1nc(C)cc1CC1CCCCCC1N. The van der Waals surface area contributed by atoms with Gasteiger partial charge in [-0.25, -0.2) is 0 Å². The summed E-state index contributed by atoms with van der Waals surface area (Å²) < 4.78 is 2.13. The molecule has 1 saturated carbocycles. The number of hydrogen-bond donors (Lipinski definition) is 1. The molecule has 0 radical (unpaired) electrons. The number of nitrogens with zero attached hydrogens (tertiary/aromatic N) is 2. The van der Waals surface area contributed by atoms with Crippen molar-refractivity contribution < 1.29 is 0 Å². The van der Waals surface area contributed by atoms with Crippen molar-refractivity contribution in [1.82, 2.24) is 9.78 Å². The van der Waals surface area contributed by atoms with Crippen LogP contribution in [0, 0.1) is 12.8 Å². The molecule has 0 saturated heterocycles. The van der Waals surface area contributed by atoms with E-state index in [4.69, 9.17) is 5.73 Å². The van der Waals surface area contributed by atoms with Crippen LogP contribution in [-0.2, 0) is 13.0 Å². The van der Waals surface area contributed by atoms with Crippen molar-refractivity contribution in [3.05, 3.63) is 17.5 Å². The number of aryl methyl sites for hydroxylation is 2. The highest BCUT2D eigenvalue weighted by Gasteiger charge is 2.22. The minimum atomic E-state index is 0.387. The fraction of sp³-hybridized carbons (Fsp3) is 0.786. The Morgan fingerprint density at radius 1 is 1.35 bits per heavy atom. The molecule has 96 valence electrons. The molecule has 3 heteroatoms. The summed E-state index contributed by atoms with van der Waals surface area (Å²) in [6, 6.07) is 2.61. The summed E-state index contributed by atoms with van der Waals surface area (Å²) >= 11 is 0. The lowest BCUT2D eigenvalue weighted by Gasteiger charge is -2.21. The van der Waals surface area contributed by atoms with Crippen LogP contribution < -0.4 is 5.73 Å². The standard InChI is InChI=1S/C14H25N3/c1-3-17-13(9-11(2)16-17)10-12-7-5-4-6-8-14(12)15/h9,12,14H,3-8,10,15H2,1-2H3. The second-order valence-electron chi connectivity index (χ2n) is 5.36. The molecule has 0 aromatic carbocycles. The predicted octanol–water partition coefficient (Wildman–Crippen LogP) is 2.66. The smallest absolute Gasteiger partial charge is 0.0596 e. The first-order valence-electron chi connectivity index (χ1n) is 6.99. The van der Waals surface area contributed by atoms with E-state index in [1.54, 1.807) is 0 Å². The maximum absolute atomic E-state index is 6.30. The molecule has 0 spiro atoms. The van der Waals surface area contributed by atoms with Gasteiger partial charge in [0.2, 0.25) is 0 Å². The highest BCUT2D eigenvalue weighted by molar-refractivity contribution is 5.10. The van der Waals surface area contributed by atoms with Crippen molar-refractivity contribution >= 4 is 0 Å². The third-order valence-corrected chi connectivity index (χ3v) is 3.97. The summed E-state index contributed by atoms with van der Waals surface area (Å²) in [5.74, 6) is 0.652. The molecular weight excluding hydrogens is 210 g/mol. The molecule has 1 fully saturated rings. The van der Waals surface area contributed by atoms with Crippen molar-refractivity contribution in [2.24, 2.45) is 11.7 Å². The number of rotatable bonds is 3. The maximum atomic E-state index is 6.30. The van der Waals surface area contributed by atoms with Gasteiger partial charge in [0, 0.05) is 18.3 Å². The van der Waals surface area contributed by atoms with Gasteiger partial charge in [-0.3, -0.25) is 4.68 Å². The van der Waals surface area contributed by atoms with Crippen LogP contribution in [-0.4, -0.2) is 15.8 Å². The molecule has 2 N–H and O–H groups in total. The van der Waals surface area contributed by atoms with Gasteiger partial charge in [0.15, 0.2) is 0 Å². The second-order valence-corrected chi connectivity index (χ2v) is 5.36. The first kappa shape index (κ1) is 12.6. The van der Waals surface area contributed by atoms with Gasteiger partial charge in [-0.1, -0.05) is 19.3 Å². The van der Waals surface area contributed by atoms with E-state index in [-0.39, 0.29) is 0 Å². The molecular formula is C14H25N3. The van der Waals surface area contributed by atoms with Crippen molar-refractivity contribution in [3.63, 3.8) is 0 Å². The van der Waals surface area contributed by atoms with Crippen LogP contribution in [0.25, 0.3) is 0 Å². The van der Waals surface area contributed by atoms with Gasteiger partial charge in [0.25, 0.3) is 0 Å². The van der Waals surface area contributed by atoms with Crippen LogP contribution in [0.15, 0.2) is 6.07 Å². The Hall–Kier alpha value is -0.830. The van der Waals surface area contributed by atoms with Gasteiger partial charge in [-0.15, -0.1) is 0 Å². The van der Waals surface area contributed by atoms with E-state index in [2.05, 4.69) is 29.7 Å². The Morgan fingerprint density at radius 3 is 2.88 bits per heavy atom. The van der Waals surface area contributed by atoms with Gasteiger partial charge in [-0.05, 0) is 45.1 Å². The Balaban J connectivity index is 2.07. The molecule has 0 amide bonds. The molecule has 2 unspecified atom stereocenters. The van der Waals surface area contributed by atoms with Gasteiger partial charge in [-0.2, -0.15) is 5.10 Å². The van der Waals surface area contributed by atoms with E-state index in [0.29, 0.717) is 12.0 Å². The van der Waals surface area contributed by atoms with Crippen LogP contribution in [0.1, 0.15) is 50.4 Å². The molecule has 1 aromatic rings. The molecule has 0 bridgehead atoms. The Kier molecular flexibility index (Phi) is 4.21. The minimum absolute atomic E-state index is 0.387. The third-order valence-electron chi connectivity index (χ3n) is 3.97. The normalized spacial score (nSPS) is 25.8. The molecule has 1 aliphatic rings. The fourth-order valence-corrected chi connectivity index (χ4v) is 2.97. The summed E-state index contributed by atoms with van der Waals surface area (Å²) in [4.78, 5) is 0. The summed E-state index contributed by atoms with van der Waals surface area (Å²) in [5.41, 5.74) is 8.79. The van der Waals surface area contributed by atoms with Gasteiger partial charge in [0.05, 0.1) is 5.69 Å². The van der Waals surface area contributed by atoms with Crippen LogP contribution in [0.3, 0.4) is 0 Å². The van der Waals surface area contributed by atoms with Crippen LogP contribution in [0.4, 0.5) is 0 Å². The van der Waals surface area contributed by atoms with Gasteiger partial charge >= 0.3 is 0 Å². The zero-order valence-corrected chi connectivity index (χ0v) is 11.2. The molecule has 2 rings (SSSR count). The fourth-order valence-electron chi connectivity index (χ4n) is 2.97. The summed E-state index contributed by atoms with van der Waals surface area (Å²) in [5, 5.41) is 4.52. The van der Waals surface area contributed by atoms with Crippen molar-refractivity contribution in [1.29, 1.82) is 0 Å². The minimum Gasteiger partial charge on any atom is -0.327 e. The molecule has 1 aromatic heterocycles. The lowest BCUT2D eigenvalue weighted by atomic mass is 9.91. The maximum Gasteiger partial charge on any atom is 0.0596 e. The highest BCUT2D eigenvalue weighted by Crippen LogP contribution is 2.25. The Morgan fingerprint density at radius 2 is 2.12 bits per heavy atom. The first-order valence-corrected chi connectivity index (χ1v) is 6.99. The van der Waals surface area contributed by atoms with Crippen molar-refractivity contribution in [3.8, 4) is 0 Å². The molecule has 2 atom stereocenters. The van der Waals surface area contributed by atoms with E-state index < -0.39 is 0 Å². The Labute approximate surface area is 104 Å². The van der Waals surface area contributed by atoms with E-state index in [0.717, 1.165) is 18.7 Å². The van der Waals surface area contributed by atoms with Crippen LogP contribution in [0.5, 0.6) is 0 Å². The lowest BCUT2D eigenvalue weighted by molar-refractivity contribution is 0.384. The largest absolute Gasteiger partial charge is 0.327 e. The van der Waals surface area contributed by atoms with E-state index in [1.807, 2.05) is 0 Å². The van der Waals surface area contributed by atoms with Crippen LogP contribution >= 0.6 is 0 Å². The highest BCUT2D eigenvalue weighted by atomic mass is 15.3. The topological polar surface area (TPSA) is 43.8 Å². The lowest BCUT2D eigenvalue weighted by Crippen LogP contribution is -2.31. The monoisotopic (exact) mass is 235 g/mol. The van der Waals surface area contributed by atoms with Gasteiger partial charge in [0.1, 0.15) is 0 Å². The third kappa shape index (κ3) is 3.09. The number of aromatic nitrogens is 2. The molecule has 1 aliphatic carbocycles. The van der Waals surface area contributed by atoms with E-state index in [1.165, 1.54) is 37.8 Å². The molecule has 0 aliphatic heterocycles. The summed E-state index contributed by atoms with van der Waals surface area (Å²) in [7, 11) is 0. The Bertz CT molecular complexity index is 356. The number of hydrogen-bond acceptors (Lipinski definition) is 2. The van der Waals surface area contributed by atoms with Crippen molar-refractivity contribution in [2.75, 3.05) is 0 Å². The quantitative estimate of drug-likeness (QED) is 0.819. The van der Waals surface area contributed by atoms with E-state index in [9.17, 15) is 0 Å². The van der Waals surface area contributed by atoms with Crippen LogP contribution in [0.2, 0.25) is 0 Å². The van der Waals surface area contributed by atoms with Gasteiger partial charge < -0.3 is 5.73 Å². The summed E-state index contributed by atoms with van der Waals surface area (Å²) in [6.45, 7) is 5.19. The average Bonchev–Trinajstić information content (AvgIpc) is 2.54. The summed E-state index contributed by atoms with van der Waals surface area (Å²) in [6.07, 6.45) is 7.60. The zero-order chi connectivity index (χ0) is 12.3.